The Morgan fingerprint density at radius 2 is 2.19 bits per heavy atom. The smallest absolute Gasteiger partial charge is 0.251 e. The SMILES string of the molecule is CSSC(COc1cccc(C(=O)NCCN)c1)OCCOCC(=O)NCC#CB[C@H]1C[C@@H](OCSC#N)C(CO)O1. The minimum absolute atomic E-state index is 0.121. The summed E-state index contributed by atoms with van der Waals surface area (Å²) in [5.41, 5.74) is 5.63. The number of hydrogen-bond acceptors (Lipinski definition) is 13. The minimum atomic E-state index is -0.433. The number of aliphatic hydroxyl groups excluding tert-OH is 1. The van der Waals surface area contributed by atoms with Crippen molar-refractivity contribution in [2.75, 3.05) is 64.9 Å². The predicted octanol–water partition coefficient (Wildman–Crippen LogP) is 0.302. The van der Waals surface area contributed by atoms with Crippen molar-refractivity contribution in [1.82, 2.24) is 10.6 Å². The third-order valence-electron chi connectivity index (χ3n) is 5.57. The van der Waals surface area contributed by atoms with Gasteiger partial charge in [0.25, 0.3) is 5.91 Å². The van der Waals surface area contributed by atoms with Gasteiger partial charge in [0.1, 0.15) is 41.8 Å². The number of amides is 2. The van der Waals surface area contributed by atoms with Crippen LogP contribution in [0.25, 0.3) is 0 Å². The van der Waals surface area contributed by atoms with E-state index >= 15 is 0 Å². The number of nitrogens with two attached hydrogens (primary N) is 1. The van der Waals surface area contributed by atoms with Crippen molar-refractivity contribution in [2.24, 2.45) is 5.73 Å². The molecule has 0 aliphatic carbocycles. The van der Waals surface area contributed by atoms with Crippen molar-refractivity contribution < 1.29 is 38.4 Å². The zero-order valence-corrected chi connectivity index (χ0v) is 25.9. The van der Waals surface area contributed by atoms with Gasteiger partial charge in [-0.25, -0.2) is 0 Å². The molecule has 0 bridgehead atoms. The van der Waals surface area contributed by atoms with Crippen LogP contribution < -0.4 is 21.1 Å². The molecule has 1 aromatic rings. The molecule has 5 N–H and O–H groups in total. The quantitative estimate of drug-likeness (QED) is 0.0383. The molecule has 12 nitrogen and oxygen atoms in total. The Hall–Kier alpha value is -2.12. The monoisotopic (exact) mass is 640 g/mol. The number of ether oxygens (including phenoxy) is 5. The number of thiocyanates is 1. The van der Waals surface area contributed by atoms with Crippen molar-refractivity contribution in [3.63, 3.8) is 0 Å². The molecule has 4 atom stereocenters. The molecule has 2 unspecified atom stereocenters. The molecule has 2 rings (SSSR count). The summed E-state index contributed by atoms with van der Waals surface area (Å²) in [6, 6.07) is 6.71. The largest absolute Gasteiger partial charge is 0.490 e. The Morgan fingerprint density at radius 3 is 2.95 bits per heavy atom. The van der Waals surface area contributed by atoms with Gasteiger partial charge in [0.2, 0.25) is 13.2 Å². The maximum absolute atomic E-state index is 12.1. The molecule has 42 heavy (non-hydrogen) atoms. The van der Waals surface area contributed by atoms with Gasteiger partial charge in [0, 0.05) is 24.7 Å². The first-order valence-corrected chi connectivity index (χ1v) is 16.8. The van der Waals surface area contributed by atoms with E-state index in [1.165, 1.54) is 21.6 Å². The summed E-state index contributed by atoms with van der Waals surface area (Å²) < 4.78 is 28.4. The summed E-state index contributed by atoms with van der Waals surface area (Å²) >= 11 is 0.992. The van der Waals surface area contributed by atoms with E-state index in [2.05, 4.69) is 22.4 Å². The van der Waals surface area contributed by atoms with Crippen molar-refractivity contribution in [3.8, 4) is 22.9 Å². The highest BCUT2D eigenvalue weighted by atomic mass is 33.1. The molecule has 1 aromatic carbocycles. The van der Waals surface area contributed by atoms with E-state index < -0.39 is 6.10 Å². The highest BCUT2D eigenvalue weighted by molar-refractivity contribution is 8.76. The van der Waals surface area contributed by atoms with Crippen molar-refractivity contribution in [3.05, 3.63) is 29.8 Å². The van der Waals surface area contributed by atoms with Gasteiger partial charge < -0.3 is 45.2 Å². The van der Waals surface area contributed by atoms with Crippen molar-refractivity contribution >= 4 is 52.4 Å². The number of carbonyl (C=O) groups excluding carboxylic acids is 2. The number of nitriles is 1. The highest BCUT2D eigenvalue weighted by Crippen LogP contribution is 2.26. The zero-order valence-electron chi connectivity index (χ0n) is 23.5. The fourth-order valence-electron chi connectivity index (χ4n) is 3.65. The number of thioether (sulfide) groups is 1. The van der Waals surface area contributed by atoms with E-state index in [-0.39, 0.29) is 74.9 Å². The number of aliphatic hydroxyl groups is 1. The van der Waals surface area contributed by atoms with Gasteiger partial charge in [0.15, 0.2) is 0 Å². The summed E-state index contributed by atoms with van der Waals surface area (Å²) in [7, 11) is 3.48. The molecule has 0 saturated carbocycles. The molecule has 1 aliphatic heterocycles. The summed E-state index contributed by atoms with van der Waals surface area (Å²) in [6.07, 6.45) is 1.81. The van der Waals surface area contributed by atoms with Gasteiger partial charge in [-0.05, 0) is 42.6 Å². The molecule has 0 spiro atoms. The van der Waals surface area contributed by atoms with Crippen LogP contribution in [0.15, 0.2) is 24.3 Å². The van der Waals surface area contributed by atoms with Crippen LogP contribution in [0, 0.1) is 22.4 Å². The molecule has 2 amide bonds. The van der Waals surface area contributed by atoms with Crippen LogP contribution in [0.5, 0.6) is 5.75 Å². The summed E-state index contributed by atoms with van der Waals surface area (Å²) in [6.45, 7) is 1.41. The van der Waals surface area contributed by atoms with Crippen LogP contribution in [-0.4, -0.2) is 113 Å². The number of benzene rings is 1. The van der Waals surface area contributed by atoms with E-state index in [4.69, 9.17) is 34.7 Å². The number of nitrogens with zero attached hydrogens (tertiary/aromatic N) is 1. The molecule has 1 heterocycles. The molecule has 16 heteroatoms. The van der Waals surface area contributed by atoms with E-state index in [1.54, 1.807) is 24.3 Å². The van der Waals surface area contributed by atoms with Crippen LogP contribution in [0.2, 0.25) is 0 Å². The Labute approximate surface area is 259 Å². The average molecular weight is 641 g/mol. The average Bonchev–Trinajstić information content (AvgIpc) is 3.40. The van der Waals surface area contributed by atoms with Crippen LogP contribution in [0.1, 0.15) is 16.8 Å². The van der Waals surface area contributed by atoms with Crippen LogP contribution in [0.3, 0.4) is 0 Å². The lowest BCUT2D eigenvalue weighted by atomic mass is 9.71. The molecule has 0 radical (unpaired) electrons. The summed E-state index contributed by atoms with van der Waals surface area (Å²) in [5.74, 6) is 6.12. The predicted molar refractivity (Wildman–Crippen MR) is 166 cm³/mol. The zero-order chi connectivity index (χ0) is 30.4. The third-order valence-corrected chi connectivity index (χ3v) is 7.86. The van der Waals surface area contributed by atoms with E-state index in [1.807, 2.05) is 11.7 Å². The van der Waals surface area contributed by atoms with Gasteiger partial charge in [-0.2, -0.15) is 11.1 Å². The van der Waals surface area contributed by atoms with E-state index in [0.717, 1.165) is 11.8 Å². The van der Waals surface area contributed by atoms with Crippen LogP contribution in [0.4, 0.5) is 0 Å². The maximum atomic E-state index is 12.1. The second-order valence-electron chi connectivity index (χ2n) is 8.61. The van der Waals surface area contributed by atoms with Gasteiger partial charge in [-0.3, -0.25) is 9.59 Å². The van der Waals surface area contributed by atoms with Gasteiger partial charge in [0.05, 0.1) is 32.5 Å². The standard InChI is InChI=1S/C26H37BN4O8S3/c1-40-42-25(16-37-20-5-2-4-19(12-20)26(34)31-9-7-28)36-11-10-35-15-24(33)30-8-3-6-27-23-13-21(22(14-32)39-23)38-18-41-17-29/h2,4-5,12,21-23,25,27,32H,7-11,13-16,18,28H2,1H3,(H,30,33)(H,31,34)/t21-,22?,23-,25?/m1/s1. The lowest BCUT2D eigenvalue weighted by Crippen LogP contribution is -2.29. The second-order valence-corrected chi connectivity index (χ2v) is 11.9. The Balaban J connectivity index is 1.59. The number of carbonyl (C=O) groups is 2. The fraction of sp³-hybridized carbons (Fsp3) is 0.577. The fourth-order valence-corrected chi connectivity index (χ4v) is 5.42. The summed E-state index contributed by atoms with van der Waals surface area (Å²) in [4.78, 5) is 24.1. The molecule has 1 fully saturated rings. The van der Waals surface area contributed by atoms with Crippen molar-refractivity contribution in [1.29, 1.82) is 5.26 Å². The van der Waals surface area contributed by atoms with Crippen molar-refractivity contribution in [2.45, 2.75) is 30.1 Å². The maximum Gasteiger partial charge on any atom is 0.251 e. The highest BCUT2D eigenvalue weighted by Gasteiger charge is 2.35. The summed E-state index contributed by atoms with van der Waals surface area (Å²) in [5, 5.41) is 25.4. The first-order chi connectivity index (χ1) is 20.5. The molecule has 1 aliphatic rings. The molecule has 1 saturated heterocycles. The lowest BCUT2D eigenvalue weighted by molar-refractivity contribution is -0.126. The number of rotatable bonds is 20. The first kappa shape index (κ1) is 36.1. The van der Waals surface area contributed by atoms with Gasteiger partial charge >= 0.3 is 0 Å². The minimum Gasteiger partial charge on any atom is -0.490 e. The molecular weight excluding hydrogens is 603 g/mol. The molecule has 0 aromatic heterocycles. The second kappa shape index (κ2) is 22.4. The molecular formula is C26H37BN4O8S3. The van der Waals surface area contributed by atoms with E-state index in [9.17, 15) is 14.7 Å². The Morgan fingerprint density at radius 1 is 1.33 bits per heavy atom. The van der Waals surface area contributed by atoms with E-state index in [0.29, 0.717) is 38.1 Å². The molecule has 230 valence electrons. The Bertz CT molecular complexity index is 1060. The van der Waals surface area contributed by atoms with Gasteiger partial charge in [-0.1, -0.05) is 33.6 Å². The third kappa shape index (κ3) is 14.9. The van der Waals surface area contributed by atoms with Crippen LogP contribution in [-0.2, 0) is 23.7 Å². The number of hydrogen-bond donors (Lipinski definition) is 4. The Kier molecular flexibility index (Phi) is 19.3. The first-order valence-electron chi connectivity index (χ1n) is 13.2. The van der Waals surface area contributed by atoms with Crippen LogP contribution >= 0.6 is 33.3 Å². The normalized spacial score (nSPS) is 18.3. The van der Waals surface area contributed by atoms with Gasteiger partial charge in [-0.15, -0.1) is 0 Å². The number of nitrogens with one attached hydrogen (secondary N) is 2. The lowest BCUT2D eigenvalue weighted by Gasteiger charge is -2.17. The topological polar surface area (TPSA) is 174 Å².